The molecule has 1 atom stereocenters. The summed E-state index contributed by atoms with van der Waals surface area (Å²) in [6.07, 6.45) is 5.39. The topological polar surface area (TPSA) is 40.5 Å². The first-order chi connectivity index (χ1) is 8.66. The van der Waals surface area contributed by atoms with Crippen LogP contribution in [-0.2, 0) is 11.3 Å². The van der Waals surface area contributed by atoms with Gasteiger partial charge in [-0.3, -0.25) is 4.90 Å². The van der Waals surface area contributed by atoms with Gasteiger partial charge in [0.25, 0.3) is 0 Å². The van der Waals surface area contributed by atoms with Gasteiger partial charge in [0.2, 0.25) is 0 Å². The predicted molar refractivity (Wildman–Crippen MR) is 72.2 cm³/mol. The summed E-state index contributed by atoms with van der Waals surface area (Å²) < 4.78 is 0. The van der Waals surface area contributed by atoms with Crippen molar-refractivity contribution in [3.63, 3.8) is 0 Å². The Balaban J connectivity index is 2.14. The van der Waals surface area contributed by atoms with E-state index >= 15 is 0 Å². The van der Waals surface area contributed by atoms with Crippen molar-refractivity contribution < 1.29 is 9.90 Å². The predicted octanol–water partition coefficient (Wildman–Crippen LogP) is 2.77. The van der Waals surface area contributed by atoms with E-state index in [0.717, 1.165) is 18.7 Å². The van der Waals surface area contributed by atoms with Gasteiger partial charge in [0.05, 0.1) is 0 Å². The lowest BCUT2D eigenvalue weighted by Crippen LogP contribution is -2.26. The standard InChI is InChI=1S/C15H19NO2/c1-12-5-4-10-16(12)11-14-7-3-2-6-13(14)8-9-15(17)18/h2-3,6-9,12H,4-5,10-11H2,1H3,(H,17,18)/b9-8+. The summed E-state index contributed by atoms with van der Waals surface area (Å²) in [5.41, 5.74) is 2.20. The summed E-state index contributed by atoms with van der Waals surface area (Å²) >= 11 is 0. The third-order valence-corrected chi connectivity index (χ3v) is 3.52. The molecule has 0 spiro atoms. The number of aliphatic carboxylic acids is 1. The van der Waals surface area contributed by atoms with Crippen LogP contribution in [0, 0.1) is 0 Å². The summed E-state index contributed by atoms with van der Waals surface area (Å²) in [5.74, 6) is -0.903. The van der Waals surface area contributed by atoms with Crippen LogP contribution in [0.1, 0.15) is 30.9 Å². The maximum Gasteiger partial charge on any atom is 0.328 e. The van der Waals surface area contributed by atoms with Crippen LogP contribution < -0.4 is 0 Å². The zero-order valence-corrected chi connectivity index (χ0v) is 10.7. The minimum atomic E-state index is -0.903. The van der Waals surface area contributed by atoms with Gasteiger partial charge in [-0.25, -0.2) is 4.79 Å². The highest BCUT2D eigenvalue weighted by atomic mass is 16.4. The van der Waals surface area contributed by atoms with Gasteiger partial charge in [0.1, 0.15) is 0 Å². The highest BCUT2D eigenvalue weighted by Gasteiger charge is 2.20. The number of nitrogens with zero attached hydrogens (tertiary/aromatic N) is 1. The number of carboxylic acid groups (broad SMARTS) is 1. The molecule has 96 valence electrons. The quantitative estimate of drug-likeness (QED) is 0.829. The lowest BCUT2D eigenvalue weighted by Gasteiger charge is -2.21. The fourth-order valence-corrected chi connectivity index (χ4v) is 2.45. The van der Waals surface area contributed by atoms with Crippen LogP contribution >= 0.6 is 0 Å². The molecule has 1 aromatic rings. The Morgan fingerprint density at radius 3 is 2.94 bits per heavy atom. The molecule has 1 saturated heterocycles. The molecule has 1 aliphatic heterocycles. The molecule has 1 heterocycles. The highest BCUT2D eigenvalue weighted by Crippen LogP contribution is 2.21. The molecule has 0 bridgehead atoms. The van der Waals surface area contributed by atoms with E-state index in [1.165, 1.54) is 24.5 Å². The third kappa shape index (κ3) is 3.20. The molecule has 1 fully saturated rings. The van der Waals surface area contributed by atoms with E-state index in [1.54, 1.807) is 6.08 Å². The van der Waals surface area contributed by atoms with Crippen LogP contribution in [-0.4, -0.2) is 28.6 Å². The Bertz CT molecular complexity index is 454. The van der Waals surface area contributed by atoms with Crippen LogP contribution in [0.25, 0.3) is 6.08 Å². The van der Waals surface area contributed by atoms with Crippen molar-refractivity contribution in [1.82, 2.24) is 4.90 Å². The minimum Gasteiger partial charge on any atom is -0.478 e. The first-order valence-electron chi connectivity index (χ1n) is 6.40. The van der Waals surface area contributed by atoms with Crippen molar-refractivity contribution in [2.75, 3.05) is 6.54 Å². The SMILES string of the molecule is CC1CCCN1Cc1ccccc1/C=C/C(=O)O. The first kappa shape index (κ1) is 12.8. The van der Waals surface area contributed by atoms with E-state index in [9.17, 15) is 4.79 Å². The third-order valence-electron chi connectivity index (χ3n) is 3.52. The van der Waals surface area contributed by atoms with Crippen molar-refractivity contribution in [3.05, 3.63) is 41.5 Å². The van der Waals surface area contributed by atoms with Crippen molar-refractivity contribution >= 4 is 12.0 Å². The molecule has 0 aromatic heterocycles. The van der Waals surface area contributed by atoms with Gasteiger partial charge in [-0.05, 0) is 43.5 Å². The number of carbonyl (C=O) groups is 1. The molecule has 0 radical (unpaired) electrons. The second-order valence-electron chi connectivity index (χ2n) is 4.83. The number of benzene rings is 1. The molecule has 1 aromatic carbocycles. The number of likely N-dealkylation sites (tertiary alicyclic amines) is 1. The Hall–Kier alpha value is -1.61. The smallest absolute Gasteiger partial charge is 0.328 e. The largest absolute Gasteiger partial charge is 0.478 e. The zero-order chi connectivity index (χ0) is 13.0. The molecule has 3 heteroatoms. The number of rotatable bonds is 4. The van der Waals surface area contributed by atoms with Crippen LogP contribution in [0.4, 0.5) is 0 Å². The highest BCUT2D eigenvalue weighted by molar-refractivity contribution is 5.85. The van der Waals surface area contributed by atoms with Gasteiger partial charge in [0, 0.05) is 18.7 Å². The van der Waals surface area contributed by atoms with E-state index in [0.29, 0.717) is 6.04 Å². The Morgan fingerprint density at radius 1 is 1.50 bits per heavy atom. The maximum absolute atomic E-state index is 10.6. The van der Waals surface area contributed by atoms with Gasteiger partial charge in [-0.2, -0.15) is 0 Å². The Labute approximate surface area is 108 Å². The lowest BCUT2D eigenvalue weighted by molar-refractivity contribution is -0.131. The second-order valence-corrected chi connectivity index (χ2v) is 4.83. The van der Waals surface area contributed by atoms with Crippen LogP contribution in [0.15, 0.2) is 30.3 Å². The lowest BCUT2D eigenvalue weighted by atomic mass is 10.1. The van der Waals surface area contributed by atoms with E-state index in [4.69, 9.17) is 5.11 Å². The summed E-state index contributed by atoms with van der Waals surface area (Å²) in [5, 5.41) is 8.69. The van der Waals surface area contributed by atoms with Crippen LogP contribution in [0.3, 0.4) is 0 Å². The molecular formula is C15H19NO2. The molecule has 0 saturated carbocycles. The molecule has 18 heavy (non-hydrogen) atoms. The van der Waals surface area contributed by atoms with Crippen molar-refractivity contribution in [2.24, 2.45) is 0 Å². The van der Waals surface area contributed by atoms with Gasteiger partial charge in [-0.15, -0.1) is 0 Å². The number of hydrogen-bond acceptors (Lipinski definition) is 2. The number of carboxylic acids is 1. The average Bonchev–Trinajstić information content (AvgIpc) is 2.74. The number of hydrogen-bond donors (Lipinski definition) is 1. The average molecular weight is 245 g/mol. The minimum absolute atomic E-state index is 0.626. The molecular weight excluding hydrogens is 226 g/mol. The van der Waals surface area contributed by atoms with E-state index in [1.807, 2.05) is 18.2 Å². The normalized spacial score (nSPS) is 20.6. The fourth-order valence-electron chi connectivity index (χ4n) is 2.45. The maximum atomic E-state index is 10.6. The van der Waals surface area contributed by atoms with E-state index in [2.05, 4.69) is 17.9 Å². The molecule has 0 aliphatic carbocycles. The van der Waals surface area contributed by atoms with E-state index < -0.39 is 5.97 Å². The summed E-state index contributed by atoms with van der Waals surface area (Å²) in [6.45, 7) is 4.29. The molecule has 1 N–H and O–H groups in total. The first-order valence-corrected chi connectivity index (χ1v) is 6.40. The molecule has 0 amide bonds. The Morgan fingerprint density at radius 2 is 2.28 bits per heavy atom. The van der Waals surface area contributed by atoms with Crippen molar-refractivity contribution in [2.45, 2.75) is 32.4 Å². The van der Waals surface area contributed by atoms with Crippen LogP contribution in [0.2, 0.25) is 0 Å². The van der Waals surface area contributed by atoms with Crippen molar-refractivity contribution in [3.8, 4) is 0 Å². The van der Waals surface area contributed by atoms with Crippen molar-refractivity contribution in [1.29, 1.82) is 0 Å². The molecule has 3 nitrogen and oxygen atoms in total. The van der Waals surface area contributed by atoms with Gasteiger partial charge < -0.3 is 5.11 Å². The molecule has 1 aliphatic rings. The monoisotopic (exact) mass is 245 g/mol. The van der Waals surface area contributed by atoms with Crippen LogP contribution in [0.5, 0.6) is 0 Å². The molecule has 1 unspecified atom stereocenters. The van der Waals surface area contributed by atoms with Gasteiger partial charge >= 0.3 is 5.97 Å². The summed E-state index contributed by atoms with van der Waals surface area (Å²) in [6, 6.07) is 8.62. The van der Waals surface area contributed by atoms with E-state index in [-0.39, 0.29) is 0 Å². The Kier molecular flexibility index (Phi) is 4.15. The van der Waals surface area contributed by atoms with Gasteiger partial charge in [-0.1, -0.05) is 24.3 Å². The fraction of sp³-hybridized carbons (Fsp3) is 0.400. The van der Waals surface area contributed by atoms with Gasteiger partial charge in [0.15, 0.2) is 0 Å². The zero-order valence-electron chi connectivity index (χ0n) is 10.7. The second kappa shape index (κ2) is 5.83. The summed E-state index contributed by atoms with van der Waals surface area (Å²) in [7, 11) is 0. The summed E-state index contributed by atoms with van der Waals surface area (Å²) in [4.78, 5) is 13.0. The molecule has 2 rings (SSSR count).